The molecule has 82 valence electrons. The molecule has 3 N–H and O–H groups in total. The van der Waals surface area contributed by atoms with Gasteiger partial charge in [0.05, 0.1) is 5.56 Å². The summed E-state index contributed by atoms with van der Waals surface area (Å²) in [6, 6.07) is 3.69. The number of hydrogen-bond acceptors (Lipinski definition) is 2. The number of carboxylic acids is 1. The SMILES string of the molecule is Cc1cc2c(cc1C(=O)O)C(N)CC2.Cl. The van der Waals surface area contributed by atoms with Crippen molar-refractivity contribution < 1.29 is 9.90 Å². The fraction of sp³-hybridized carbons (Fsp3) is 0.364. The Hall–Kier alpha value is -1.06. The summed E-state index contributed by atoms with van der Waals surface area (Å²) in [7, 11) is 0. The molecule has 1 aliphatic rings. The van der Waals surface area contributed by atoms with Gasteiger partial charge in [-0.25, -0.2) is 4.79 Å². The van der Waals surface area contributed by atoms with Crippen LogP contribution < -0.4 is 5.73 Å². The first-order valence-corrected chi connectivity index (χ1v) is 4.72. The average molecular weight is 228 g/mol. The van der Waals surface area contributed by atoms with Gasteiger partial charge >= 0.3 is 5.97 Å². The number of hydrogen-bond donors (Lipinski definition) is 2. The highest BCUT2D eigenvalue weighted by Gasteiger charge is 2.21. The Morgan fingerprint density at radius 2 is 2.20 bits per heavy atom. The molecule has 1 aromatic rings. The number of aryl methyl sites for hydroxylation is 2. The van der Waals surface area contributed by atoms with Gasteiger partial charge in [-0.2, -0.15) is 0 Å². The summed E-state index contributed by atoms with van der Waals surface area (Å²) in [4.78, 5) is 10.9. The second kappa shape index (κ2) is 4.21. The van der Waals surface area contributed by atoms with Gasteiger partial charge in [-0.15, -0.1) is 12.4 Å². The lowest BCUT2D eigenvalue weighted by Crippen LogP contribution is -2.08. The first-order chi connectivity index (χ1) is 6.59. The molecule has 0 aromatic heterocycles. The van der Waals surface area contributed by atoms with Gasteiger partial charge < -0.3 is 10.8 Å². The third-order valence-corrected chi connectivity index (χ3v) is 2.84. The van der Waals surface area contributed by atoms with Crippen molar-refractivity contribution in [2.75, 3.05) is 0 Å². The summed E-state index contributed by atoms with van der Waals surface area (Å²) in [5.74, 6) is -0.871. The summed E-state index contributed by atoms with van der Waals surface area (Å²) in [6.07, 6.45) is 1.90. The summed E-state index contributed by atoms with van der Waals surface area (Å²) in [6.45, 7) is 1.83. The Morgan fingerprint density at radius 3 is 2.80 bits per heavy atom. The van der Waals surface area contributed by atoms with Crippen LogP contribution >= 0.6 is 12.4 Å². The summed E-state index contributed by atoms with van der Waals surface area (Å²) in [5, 5.41) is 8.94. The van der Waals surface area contributed by atoms with Crippen LogP contribution in [0.4, 0.5) is 0 Å². The van der Waals surface area contributed by atoms with E-state index in [1.165, 1.54) is 5.56 Å². The van der Waals surface area contributed by atoms with E-state index >= 15 is 0 Å². The lowest BCUT2D eigenvalue weighted by molar-refractivity contribution is 0.0696. The molecular weight excluding hydrogens is 214 g/mol. The molecule has 0 fully saturated rings. The number of carbonyl (C=O) groups is 1. The van der Waals surface area contributed by atoms with Crippen LogP contribution in [0.25, 0.3) is 0 Å². The number of nitrogens with two attached hydrogens (primary N) is 1. The van der Waals surface area contributed by atoms with Crippen LogP contribution in [-0.2, 0) is 6.42 Å². The van der Waals surface area contributed by atoms with Gasteiger partial charge in [0.2, 0.25) is 0 Å². The van der Waals surface area contributed by atoms with Crippen molar-refractivity contribution in [1.82, 2.24) is 0 Å². The second-order valence-corrected chi connectivity index (χ2v) is 3.82. The Bertz CT molecular complexity index is 404. The van der Waals surface area contributed by atoms with Crippen molar-refractivity contribution >= 4 is 18.4 Å². The first-order valence-electron chi connectivity index (χ1n) is 4.72. The number of fused-ring (bicyclic) bond motifs is 1. The number of benzene rings is 1. The number of halogens is 1. The van der Waals surface area contributed by atoms with E-state index in [9.17, 15) is 4.79 Å². The fourth-order valence-corrected chi connectivity index (χ4v) is 2.04. The first kappa shape index (κ1) is 12.0. The molecule has 0 amide bonds. The van der Waals surface area contributed by atoms with Crippen LogP contribution in [0.5, 0.6) is 0 Å². The monoisotopic (exact) mass is 227 g/mol. The van der Waals surface area contributed by atoms with Gasteiger partial charge in [0.1, 0.15) is 0 Å². The van der Waals surface area contributed by atoms with Crippen LogP contribution in [0, 0.1) is 6.92 Å². The zero-order chi connectivity index (χ0) is 10.3. The van der Waals surface area contributed by atoms with E-state index in [0.717, 1.165) is 24.0 Å². The molecule has 0 bridgehead atoms. The van der Waals surface area contributed by atoms with Crippen molar-refractivity contribution in [3.05, 3.63) is 34.4 Å². The van der Waals surface area contributed by atoms with Gasteiger partial charge in [0.15, 0.2) is 0 Å². The molecule has 15 heavy (non-hydrogen) atoms. The highest BCUT2D eigenvalue weighted by molar-refractivity contribution is 5.89. The molecule has 2 rings (SSSR count). The molecule has 1 aliphatic carbocycles. The molecule has 1 unspecified atom stereocenters. The minimum Gasteiger partial charge on any atom is -0.478 e. The third kappa shape index (κ3) is 1.98. The zero-order valence-electron chi connectivity index (χ0n) is 8.49. The molecule has 0 spiro atoms. The minimum atomic E-state index is -0.871. The molecule has 0 radical (unpaired) electrons. The zero-order valence-corrected chi connectivity index (χ0v) is 9.30. The van der Waals surface area contributed by atoms with Crippen molar-refractivity contribution in [2.45, 2.75) is 25.8 Å². The molecule has 3 nitrogen and oxygen atoms in total. The third-order valence-electron chi connectivity index (χ3n) is 2.84. The molecule has 0 saturated heterocycles. The van der Waals surface area contributed by atoms with Crippen LogP contribution in [0.2, 0.25) is 0 Å². The maximum Gasteiger partial charge on any atom is 0.335 e. The largest absolute Gasteiger partial charge is 0.478 e. The molecule has 0 heterocycles. The molecule has 0 aliphatic heterocycles. The van der Waals surface area contributed by atoms with Crippen LogP contribution in [0.15, 0.2) is 12.1 Å². The van der Waals surface area contributed by atoms with Gasteiger partial charge in [-0.3, -0.25) is 0 Å². The number of aromatic carboxylic acids is 1. The highest BCUT2D eigenvalue weighted by atomic mass is 35.5. The average Bonchev–Trinajstić information content (AvgIpc) is 2.46. The van der Waals surface area contributed by atoms with E-state index in [4.69, 9.17) is 10.8 Å². The molecule has 1 aromatic carbocycles. The normalized spacial score (nSPS) is 18.1. The van der Waals surface area contributed by atoms with Gasteiger partial charge in [-0.1, -0.05) is 6.07 Å². The van der Waals surface area contributed by atoms with E-state index in [-0.39, 0.29) is 18.4 Å². The lowest BCUT2D eigenvalue weighted by Gasteiger charge is -2.08. The quantitative estimate of drug-likeness (QED) is 0.772. The van der Waals surface area contributed by atoms with E-state index in [2.05, 4.69) is 0 Å². The van der Waals surface area contributed by atoms with Crippen molar-refractivity contribution in [3.8, 4) is 0 Å². The lowest BCUT2D eigenvalue weighted by atomic mass is 10.00. The van der Waals surface area contributed by atoms with Gasteiger partial charge in [0, 0.05) is 6.04 Å². The molecular formula is C11H14ClNO2. The van der Waals surface area contributed by atoms with Crippen LogP contribution in [0.3, 0.4) is 0 Å². The van der Waals surface area contributed by atoms with Gasteiger partial charge in [0.25, 0.3) is 0 Å². The van der Waals surface area contributed by atoms with Crippen molar-refractivity contribution in [1.29, 1.82) is 0 Å². The standard InChI is InChI=1S/C11H13NO2.ClH/c1-6-4-7-2-3-10(12)9(7)5-8(6)11(13)14;/h4-5,10H,2-3,12H2,1H3,(H,13,14);1H. The Kier molecular flexibility index (Phi) is 3.37. The second-order valence-electron chi connectivity index (χ2n) is 3.82. The van der Waals surface area contributed by atoms with Crippen LogP contribution in [0.1, 0.15) is 39.5 Å². The van der Waals surface area contributed by atoms with Crippen molar-refractivity contribution in [2.24, 2.45) is 5.73 Å². The van der Waals surface area contributed by atoms with E-state index in [0.29, 0.717) is 5.56 Å². The summed E-state index contributed by atoms with van der Waals surface area (Å²) in [5.41, 5.74) is 9.29. The van der Waals surface area contributed by atoms with Crippen LogP contribution in [-0.4, -0.2) is 11.1 Å². The number of carboxylic acid groups (broad SMARTS) is 1. The summed E-state index contributed by atoms with van der Waals surface area (Å²) < 4.78 is 0. The smallest absolute Gasteiger partial charge is 0.335 e. The Morgan fingerprint density at radius 1 is 1.53 bits per heavy atom. The molecule has 0 saturated carbocycles. The molecule has 1 atom stereocenters. The predicted octanol–water partition coefficient (Wildman–Crippen LogP) is 2.06. The Labute approximate surface area is 94.7 Å². The Balaban J connectivity index is 0.00000112. The molecule has 4 heteroatoms. The maximum atomic E-state index is 10.9. The van der Waals surface area contributed by atoms with Gasteiger partial charge in [-0.05, 0) is 42.5 Å². The van der Waals surface area contributed by atoms with E-state index in [1.807, 2.05) is 13.0 Å². The maximum absolute atomic E-state index is 10.9. The fourth-order valence-electron chi connectivity index (χ4n) is 2.04. The van der Waals surface area contributed by atoms with E-state index < -0.39 is 5.97 Å². The van der Waals surface area contributed by atoms with E-state index in [1.54, 1.807) is 6.07 Å². The predicted molar refractivity (Wildman–Crippen MR) is 60.6 cm³/mol. The summed E-state index contributed by atoms with van der Waals surface area (Å²) >= 11 is 0. The van der Waals surface area contributed by atoms with Crippen molar-refractivity contribution in [3.63, 3.8) is 0 Å². The minimum absolute atomic E-state index is 0. The highest BCUT2D eigenvalue weighted by Crippen LogP contribution is 2.31. The topological polar surface area (TPSA) is 63.3 Å². The number of rotatable bonds is 1.